The molecule has 19 heavy (non-hydrogen) atoms. The molecule has 1 unspecified atom stereocenters. The second-order valence-corrected chi connectivity index (χ2v) is 5.51. The Kier molecular flexibility index (Phi) is 5.14. The normalized spacial score (nSPS) is 12.9. The molecule has 0 aliphatic rings. The van der Waals surface area contributed by atoms with Crippen LogP contribution in [-0.2, 0) is 4.74 Å². The molecule has 1 atom stereocenters. The van der Waals surface area contributed by atoms with Crippen molar-refractivity contribution in [2.75, 3.05) is 6.54 Å². The first-order valence-electron chi connectivity index (χ1n) is 5.87. The van der Waals surface area contributed by atoms with Crippen molar-refractivity contribution in [3.05, 3.63) is 34.6 Å². The maximum absolute atomic E-state index is 13.3. The van der Waals surface area contributed by atoms with E-state index in [1.165, 1.54) is 12.1 Å². The first-order chi connectivity index (χ1) is 8.70. The lowest BCUT2D eigenvalue weighted by Crippen LogP contribution is -2.36. The first-order valence-corrected chi connectivity index (χ1v) is 6.25. The van der Waals surface area contributed by atoms with Crippen LogP contribution in [0.4, 0.5) is 9.18 Å². The third kappa shape index (κ3) is 5.04. The molecule has 0 saturated heterocycles. The summed E-state index contributed by atoms with van der Waals surface area (Å²) in [5.41, 5.74) is 5.72. The van der Waals surface area contributed by atoms with Gasteiger partial charge in [-0.3, -0.25) is 0 Å². The zero-order valence-corrected chi connectivity index (χ0v) is 11.9. The van der Waals surface area contributed by atoms with Crippen molar-refractivity contribution in [1.29, 1.82) is 0 Å². The van der Waals surface area contributed by atoms with E-state index in [2.05, 4.69) is 5.32 Å². The minimum atomic E-state index is -0.601. The summed E-state index contributed by atoms with van der Waals surface area (Å²) in [5.74, 6) is -0.535. The fourth-order valence-corrected chi connectivity index (χ4v) is 1.69. The number of benzene rings is 1. The summed E-state index contributed by atoms with van der Waals surface area (Å²) in [6.45, 7) is 5.39. The number of carbonyl (C=O) groups excluding carboxylic acids is 1. The van der Waals surface area contributed by atoms with Crippen molar-refractivity contribution in [2.45, 2.75) is 32.4 Å². The van der Waals surface area contributed by atoms with Gasteiger partial charge < -0.3 is 15.8 Å². The van der Waals surface area contributed by atoms with Gasteiger partial charge in [0.15, 0.2) is 0 Å². The van der Waals surface area contributed by atoms with Crippen molar-refractivity contribution >= 4 is 17.7 Å². The Hall–Kier alpha value is -1.33. The number of carbonyl (C=O) groups is 1. The van der Waals surface area contributed by atoms with Crippen LogP contribution in [0, 0.1) is 5.82 Å². The summed E-state index contributed by atoms with van der Waals surface area (Å²) >= 11 is 5.81. The number of alkyl carbamates (subject to hydrolysis) is 1. The highest BCUT2D eigenvalue weighted by atomic mass is 35.5. The maximum atomic E-state index is 13.3. The van der Waals surface area contributed by atoms with Crippen molar-refractivity contribution in [2.24, 2.45) is 5.73 Å². The first kappa shape index (κ1) is 15.7. The molecular weight excluding hydrogens is 271 g/mol. The Morgan fingerprint density at radius 3 is 2.74 bits per heavy atom. The van der Waals surface area contributed by atoms with Gasteiger partial charge >= 0.3 is 6.09 Å². The smallest absolute Gasteiger partial charge is 0.407 e. The van der Waals surface area contributed by atoms with Gasteiger partial charge in [0.05, 0.1) is 5.02 Å². The molecule has 0 heterocycles. The van der Waals surface area contributed by atoms with E-state index in [0.717, 1.165) is 0 Å². The summed E-state index contributed by atoms with van der Waals surface area (Å²) in [7, 11) is 0. The fraction of sp³-hybridized carbons (Fsp3) is 0.462. The van der Waals surface area contributed by atoms with Gasteiger partial charge in [-0.05, 0) is 32.4 Å². The highest BCUT2D eigenvalue weighted by Crippen LogP contribution is 2.24. The molecule has 6 heteroatoms. The number of nitrogens with one attached hydrogen (secondary N) is 1. The van der Waals surface area contributed by atoms with E-state index in [0.29, 0.717) is 5.56 Å². The number of rotatable bonds is 3. The number of hydrogen-bond donors (Lipinski definition) is 2. The van der Waals surface area contributed by atoms with Gasteiger partial charge in [-0.2, -0.15) is 0 Å². The van der Waals surface area contributed by atoms with Crippen molar-refractivity contribution in [1.82, 2.24) is 5.32 Å². The van der Waals surface area contributed by atoms with Gasteiger partial charge in [-0.25, -0.2) is 9.18 Å². The molecule has 0 aromatic heterocycles. The Morgan fingerprint density at radius 2 is 2.16 bits per heavy atom. The molecule has 0 radical (unpaired) electrons. The standard InChI is InChI=1S/C13H18ClFN2O2/c1-13(2,3)19-12(18)17-7-10(16)8-5-4-6-9(15)11(8)14/h4-6,10H,7,16H2,1-3H3,(H,17,18). The summed E-state index contributed by atoms with van der Waals surface area (Å²) in [5, 5.41) is 2.49. The number of ether oxygens (including phenoxy) is 1. The average molecular weight is 289 g/mol. The van der Waals surface area contributed by atoms with Crippen LogP contribution in [0.3, 0.4) is 0 Å². The van der Waals surface area contributed by atoms with E-state index in [-0.39, 0.29) is 11.6 Å². The minimum Gasteiger partial charge on any atom is -0.444 e. The van der Waals surface area contributed by atoms with Crippen LogP contribution in [0.1, 0.15) is 32.4 Å². The van der Waals surface area contributed by atoms with Gasteiger partial charge in [-0.15, -0.1) is 0 Å². The molecule has 3 N–H and O–H groups in total. The lowest BCUT2D eigenvalue weighted by Gasteiger charge is -2.21. The van der Waals surface area contributed by atoms with E-state index in [9.17, 15) is 9.18 Å². The largest absolute Gasteiger partial charge is 0.444 e. The lowest BCUT2D eigenvalue weighted by molar-refractivity contribution is 0.0524. The van der Waals surface area contributed by atoms with Crippen LogP contribution >= 0.6 is 11.6 Å². The van der Waals surface area contributed by atoms with Crippen molar-refractivity contribution < 1.29 is 13.9 Å². The Labute approximate surface area is 117 Å². The van der Waals surface area contributed by atoms with Crippen molar-refractivity contribution in [3.63, 3.8) is 0 Å². The Morgan fingerprint density at radius 1 is 1.53 bits per heavy atom. The monoisotopic (exact) mass is 288 g/mol. The van der Waals surface area contributed by atoms with Gasteiger partial charge in [-0.1, -0.05) is 23.7 Å². The summed E-state index contributed by atoms with van der Waals surface area (Å²) in [4.78, 5) is 11.5. The maximum Gasteiger partial charge on any atom is 0.407 e. The van der Waals surface area contributed by atoms with E-state index in [1.807, 2.05) is 0 Å². The van der Waals surface area contributed by atoms with Crippen LogP contribution in [0.2, 0.25) is 5.02 Å². The third-order valence-electron chi connectivity index (χ3n) is 2.25. The van der Waals surface area contributed by atoms with Crippen LogP contribution < -0.4 is 11.1 Å². The second-order valence-electron chi connectivity index (χ2n) is 5.13. The molecular formula is C13H18ClFN2O2. The summed E-state index contributed by atoms with van der Waals surface area (Å²) in [6.07, 6.45) is -0.574. The molecule has 1 amide bonds. The predicted molar refractivity (Wildman–Crippen MR) is 72.6 cm³/mol. The van der Waals surface area contributed by atoms with Crippen LogP contribution in [0.5, 0.6) is 0 Å². The number of nitrogens with two attached hydrogens (primary N) is 1. The Bertz CT molecular complexity index is 460. The van der Waals surface area contributed by atoms with E-state index >= 15 is 0 Å². The zero-order chi connectivity index (χ0) is 14.6. The van der Waals surface area contributed by atoms with Crippen LogP contribution in [0.25, 0.3) is 0 Å². The molecule has 0 spiro atoms. The van der Waals surface area contributed by atoms with Gasteiger partial charge in [0.2, 0.25) is 0 Å². The van der Waals surface area contributed by atoms with Crippen LogP contribution in [0.15, 0.2) is 18.2 Å². The van der Waals surface area contributed by atoms with E-state index < -0.39 is 23.6 Å². The molecule has 106 valence electrons. The summed E-state index contributed by atoms with van der Waals surface area (Å²) < 4.78 is 18.3. The molecule has 0 aliphatic heterocycles. The number of halogens is 2. The highest BCUT2D eigenvalue weighted by Gasteiger charge is 2.18. The molecule has 1 rings (SSSR count). The SMILES string of the molecule is CC(C)(C)OC(=O)NCC(N)c1cccc(F)c1Cl. The van der Waals surface area contributed by atoms with Gasteiger partial charge in [0, 0.05) is 12.6 Å². The van der Waals surface area contributed by atoms with Crippen LogP contribution in [-0.4, -0.2) is 18.2 Å². The van der Waals surface area contributed by atoms with E-state index in [1.54, 1.807) is 26.8 Å². The molecule has 0 saturated carbocycles. The van der Waals surface area contributed by atoms with Gasteiger partial charge in [0.1, 0.15) is 11.4 Å². The molecule has 4 nitrogen and oxygen atoms in total. The second kappa shape index (κ2) is 6.21. The zero-order valence-electron chi connectivity index (χ0n) is 11.2. The lowest BCUT2D eigenvalue weighted by atomic mass is 10.1. The molecule has 0 fully saturated rings. The fourth-order valence-electron chi connectivity index (χ4n) is 1.42. The predicted octanol–water partition coefficient (Wildman–Crippen LogP) is 3.00. The minimum absolute atomic E-state index is 0.0269. The molecule has 0 bridgehead atoms. The molecule has 1 aromatic rings. The van der Waals surface area contributed by atoms with Gasteiger partial charge in [0.25, 0.3) is 0 Å². The molecule has 1 aromatic carbocycles. The van der Waals surface area contributed by atoms with E-state index in [4.69, 9.17) is 22.1 Å². The number of hydrogen-bond acceptors (Lipinski definition) is 3. The van der Waals surface area contributed by atoms with Crippen molar-refractivity contribution in [3.8, 4) is 0 Å². The summed E-state index contributed by atoms with van der Waals surface area (Å²) in [6, 6.07) is 3.78. The molecule has 0 aliphatic carbocycles. The topological polar surface area (TPSA) is 64.3 Å². The number of amides is 1. The average Bonchev–Trinajstić information content (AvgIpc) is 2.27. The quantitative estimate of drug-likeness (QED) is 0.898. The Balaban J connectivity index is 2.59. The third-order valence-corrected chi connectivity index (χ3v) is 2.64. The highest BCUT2D eigenvalue weighted by molar-refractivity contribution is 6.31.